The van der Waals surface area contributed by atoms with Gasteiger partial charge in [0.25, 0.3) is 0 Å². The van der Waals surface area contributed by atoms with E-state index < -0.39 is 0 Å². The highest BCUT2D eigenvalue weighted by molar-refractivity contribution is 7.80. The van der Waals surface area contributed by atoms with Crippen molar-refractivity contribution in [1.82, 2.24) is 4.90 Å². The summed E-state index contributed by atoms with van der Waals surface area (Å²) in [5.41, 5.74) is 2.21. The van der Waals surface area contributed by atoms with Crippen molar-refractivity contribution in [2.45, 2.75) is 19.8 Å². The molecule has 2 rings (SSSR count). The van der Waals surface area contributed by atoms with Gasteiger partial charge < -0.3 is 10.2 Å². The fraction of sp³-hybridized carbons (Fsp3) is 0.385. The average molecular weight is 248 g/mol. The molecule has 1 heterocycles. The summed E-state index contributed by atoms with van der Waals surface area (Å²) in [4.78, 5) is 13.2. The number of carbonyl (C=O) groups is 1. The highest BCUT2D eigenvalue weighted by atomic mass is 32.1. The number of ketones is 1. The first-order chi connectivity index (χ1) is 8.16. The maximum Gasteiger partial charge on any atom is 0.173 e. The molecule has 17 heavy (non-hydrogen) atoms. The Hall–Kier alpha value is -1.42. The second-order valence-electron chi connectivity index (χ2n) is 4.27. The van der Waals surface area contributed by atoms with Crippen LogP contribution in [-0.2, 0) is 4.79 Å². The number of nitrogens with zero attached hydrogens (tertiary/aromatic N) is 1. The van der Waals surface area contributed by atoms with E-state index in [-0.39, 0.29) is 0 Å². The lowest BCUT2D eigenvalue weighted by molar-refractivity contribution is -0.120. The Morgan fingerprint density at radius 1 is 1.29 bits per heavy atom. The molecule has 0 aliphatic carbocycles. The van der Waals surface area contributed by atoms with Crippen LogP contribution in [0.5, 0.6) is 0 Å². The standard InChI is InChI=1S/C13H16N2OS/c1-10-4-2-3-5-12(10)14-13(17)15-8-6-11(16)7-9-15/h2-5H,6-9H2,1H3,(H,14,17). The van der Waals surface area contributed by atoms with E-state index in [0.29, 0.717) is 23.7 Å². The van der Waals surface area contributed by atoms with Gasteiger partial charge in [0, 0.05) is 31.6 Å². The molecule has 1 N–H and O–H groups in total. The van der Waals surface area contributed by atoms with Crippen molar-refractivity contribution < 1.29 is 4.79 Å². The summed E-state index contributed by atoms with van der Waals surface area (Å²) in [5, 5.41) is 3.96. The third kappa shape index (κ3) is 3.03. The minimum absolute atomic E-state index is 0.333. The topological polar surface area (TPSA) is 32.3 Å². The minimum atomic E-state index is 0.333. The third-order valence-electron chi connectivity index (χ3n) is 3.00. The first kappa shape index (κ1) is 12.0. The highest BCUT2D eigenvalue weighted by Crippen LogP contribution is 2.15. The quantitative estimate of drug-likeness (QED) is 0.773. The number of thiocarbonyl (C=S) groups is 1. The molecule has 0 spiro atoms. The fourth-order valence-corrected chi connectivity index (χ4v) is 2.16. The Labute approximate surface area is 107 Å². The largest absolute Gasteiger partial charge is 0.348 e. The number of hydrogen-bond acceptors (Lipinski definition) is 2. The van der Waals surface area contributed by atoms with E-state index in [0.717, 1.165) is 18.8 Å². The molecule has 90 valence electrons. The minimum Gasteiger partial charge on any atom is -0.348 e. The van der Waals surface area contributed by atoms with E-state index in [4.69, 9.17) is 12.2 Å². The van der Waals surface area contributed by atoms with Crippen molar-refractivity contribution in [3.63, 3.8) is 0 Å². The smallest absolute Gasteiger partial charge is 0.173 e. The van der Waals surface area contributed by atoms with Gasteiger partial charge in [0.1, 0.15) is 5.78 Å². The van der Waals surface area contributed by atoms with Gasteiger partial charge in [0.15, 0.2) is 5.11 Å². The third-order valence-corrected chi connectivity index (χ3v) is 3.36. The summed E-state index contributed by atoms with van der Waals surface area (Å²) in [7, 11) is 0. The predicted octanol–water partition coefficient (Wildman–Crippen LogP) is 2.36. The number of benzene rings is 1. The van der Waals surface area contributed by atoms with Gasteiger partial charge in [-0.25, -0.2) is 0 Å². The number of likely N-dealkylation sites (tertiary alicyclic amines) is 1. The lowest BCUT2D eigenvalue weighted by Gasteiger charge is -2.29. The molecule has 0 radical (unpaired) electrons. The summed E-state index contributed by atoms with van der Waals surface area (Å²) >= 11 is 5.36. The van der Waals surface area contributed by atoms with Crippen molar-refractivity contribution in [3.05, 3.63) is 29.8 Å². The molecular weight excluding hydrogens is 232 g/mol. The van der Waals surface area contributed by atoms with Gasteiger partial charge in [-0.15, -0.1) is 0 Å². The molecule has 0 unspecified atom stereocenters. The number of hydrogen-bond donors (Lipinski definition) is 1. The maximum absolute atomic E-state index is 11.2. The monoisotopic (exact) mass is 248 g/mol. The average Bonchev–Trinajstić information content (AvgIpc) is 2.33. The van der Waals surface area contributed by atoms with Crippen molar-refractivity contribution in [1.29, 1.82) is 0 Å². The van der Waals surface area contributed by atoms with Crippen LogP contribution in [0.25, 0.3) is 0 Å². The van der Waals surface area contributed by atoms with Gasteiger partial charge in [-0.05, 0) is 30.8 Å². The van der Waals surface area contributed by atoms with Crippen LogP contribution in [0.1, 0.15) is 18.4 Å². The van der Waals surface area contributed by atoms with Gasteiger partial charge >= 0.3 is 0 Å². The van der Waals surface area contributed by atoms with Crippen LogP contribution < -0.4 is 5.32 Å². The molecule has 0 atom stereocenters. The number of carbonyl (C=O) groups excluding carboxylic acids is 1. The summed E-state index contributed by atoms with van der Waals surface area (Å²) in [5.74, 6) is 0.333. The molecule has 0 amide bonds. The molecule has 0 saturated carbocycles. The van der Waals surface area contributed by atoms with E-state index >= 15 is 0 Å². The summed E-state index contributed by atoms with van der Waals surface area (Å²) < 4.78 is 0. The molecule has 1 aliphatic rings. The Balaban J connectivity index is 1.98. The molecular formula is C13H16N2OS. The molecule has 1 aromatic carbocycles. The van der Waals surface area contributed by atoms with Crippen LogP contribution in [0.15, 0.2) is 24.3 Å². The summed E-state index contributed by atoms with van der Waals surface area (Å²) in [6, 6.07) is 8.04. The SMILES string of the molecule is Cc1ccccc1NC(=S)N1CCC(=O)CC1. The molecule has 1 aromatic rings. The van der Waals surface area contributed by atoms with Crippen LogP contribution in [-0.4, -0.2) is 28.9 Å². The van der Waals surface area contributed by atoms with Crippen LogP contribution >= 0.6 is 12.2 Å². The van der Waals surface area contributed by atoms with E-state index in [1.54, 1.807) is 0 Å². The molecule has 3 nitrogen and oxygen atoms in total. The number of rotatable bonds is 1. The van der Waals surface area contributed by atoms with Crippen molar-refractivity contribution in [2.75, 3.05) is 18.4 Å². The Morgan fingerprint density at radius 2 is 1.94 bits per heavy atom. The van der Waals surface area contributed by atoms with Crippen molar-refractivity contribution >= 4 is 28.8 Å². The highest BCUT2D eigenvalue weighted by Gasteiger charge is 2.18. The molecule has 0 bridgehead atoms. The Morgan fingerprint density at radius 3 is 2.59 bits per heavy atom. The Bertz CT molecular complexity index is 435. The first-order valence-corrected chi connectivity index (χ1v) is 6.21. The van der Waals surface area contributed by atoms with E-state index in [9.17, 15) is 4.79 Å². The van der Waals surface area contributed by atoms with Gasteiger partial charge in [-0.1, -0.05) is 18.2 Å². The second kappa shape index (κ2) is 5.27. The zero-order chi connectivity index (χ0) is 12.3. The molecule has 1 aliphatic heterocycles. The number of para-hydroxylation sites is 1. The second-order valence-corrected chi connectivity index (χ2v) is 4.66. The van der Waals surface area contributed by atoms with Crippen molar-refractivity contribution in [3.8, 4) is 0 Å². The number of aryl methyl sites for hydroxylation is 1. The van der Waals surface area contributed by atoms with Gasteiger partial charge in [0.2, 0.25) is 0 Å². The van der Waals surface area contributed by atoms with Crippen LogP contribution in [0, 0.1) is 6.92 Å². The zero-order valence-electron chi connectivity index (χ0n) is 9.90. The first-order valence-electron chi connectivity index (χ1n) is 5.80. The number of nitrogens with one attached hydrogen (secondary N) is 1. The van der Waals surface area contributed by atoms with E-state index in [2.05, 4.69) is 10.2 Å². The van der Waals surface area contributed by atoms with Crippen molar-refractivity contribution in [2.24, 2.45) is 0 Å². The normalized spacial score (nSPS) is 15.8. The molecule has 1 saturated heterocycles. The number of piperidine rings is 1. The predicted molar refractivity (Wildman–Crippen MR) is 73.2 cm³/mol. The zero-order valence-corrected chi connectivity index (χ0v) is 10.7. The van der Waals surface area contributed by atoms with Gasteiger partial charge in [-0.3, -0.25) is 4.79 Å². The van der Waals surface area contributed by atoms with Gasteiger partial charge in [-0.2, -0.15) is 0 Å². The van der Waals surface area contributed by atoms with E-state index in [1.807, 2.05) is 31.2 Å². The fourth-order valence-electron chi connectivity index (χ4n) is 1.87. The Kier molecular flexibility index (Phi) is 3.74. The van der Waals surface area contributed by atoms with Gasteiger partial charge in [0.05, 0.1) is 0 Å². The van der Waals surface area contributed by atoms with Crippen LogP contribution in [0.2, 0.25) is 0 Å². The number of anilines is 1. The lowest BCUT2D eigenvalue weighted by Crippen LogP contribution is -2.41. The summed E-state index contributed by atoms with van der Waals surface area (Å²) in [6.45, 7) is 3.51. The maximum atomic E-state index is 11.2. The van der Waals surface area contributed by atoms with Crippen LogP contribution in [0.4, 0.5) is 5.69 Å². The van der Waals surface area contributed by atoms with E-state index in [1.165, 1.54) is 5.56 Å². The number of Topliss-reactive ketones (excluding diaryl/α,β-unsaturated/α-hetero) is 1. The lowest BCUT2D eigenvalue weighted by atomic mass is 10.1. The summed E-state index contributed by atoms with van der Waals surface area (Å²) in [6.07, 6.45) is 1.21. The molecule has 0 aromatic heterocycles. The van der Waals surface area contributed by atoms with Crippen LogP contribution in [0.3, 0.4) is 0 Å². The molecule has 4 heteroatoms. The molecule has 1 fully saturated rings.